The third-order valence-corrected chi connectivity index (χ3v) is 7.05. The topological polar surface area (TPSA) is 93.2 Å². The van der Waals surface area contributed by atoms with Crippen LogP contribution in [0.5, 0.6) is 11.5 Å². The van der Waals surface area contributed by atoms with Gasteiger partial charge in [0.2, 0.25) is 17.7 Å². The molecule has 3 amide bonds. The Morgan fingerprint density at radius 3 is 2.44 bits per heavy atom. The van der Waals surface area contributed by atoms with Crippen LogP contribution in [0.25, 0.3) is 0 Å². The molecule has 1 aliphatic carbocycles. The van der Waals surface area contributed by atoms with Crippen molar-refractivity contribution in [2.45, 2.75) is 33.1 Å². The molecule has 36 heavy (non-hydrogen) atoms. The van der Waals surface area contributed by atoms with Crippen molar-refractivity contribution in [1.29, 1.82) is 0 Å². The average Bonchev–Trinajstić information content (AvgIpc) is 3.37. The number of esters is 1. The summed E-state index contributed by atoms with van der Waals surface area (Å²) in [5, 5.41) is 0. The molecule has 0 bridgehead atoms. The highest BCUT2D eigenvalue weighted by molar-refractivity contribution is 6.22. The van der Waals surface area contributed by atoms with Crippen molar-refractivity contribution < 1.29 is 28.7 Å². The molecule has 0 aromatic heterocycles. The van der Waals surface area contributed by atoms with Crippen LogP contribution in [-0.2, 0) is 19.2 Å². The number of benzene rings is 2. The molecule has 8 heteroatoms. The Kier molecular flexibility index (Phi) is 6.35. The first-order valence-corrected chi connectivity index (χ1v) is 12.2. The van der Waals surface area contributed by atoms with Gasteiger partial charge in [-0.2, -0.15) is 0 Å². The van der Waals surface area contributed by atoms with E-state index in [2.05, 4.69) is 0 Å². The van der Waals surface area contributed by atoms with Gasteiger partial charge in [0.1, 0.15) is 11.5 Å². The van der Waals surface area contributed by atoms with Gasteiger partial charge in [-0.3, -0.25) is 24.1 Å². The minimum absolute atomic E-state index is 0.0460. The zero-order valence-electron chi connectivity index (χ0n) is 20.3. The van der Waals surface area contributed by atoms with E-state index in [1.165, 1.54) is 4.90 Å². The van der Waals surface area contributed by atoms with Gasteiger partial charge in [0, 0.05) is 13.0 Å². The SMILES string of the molecule is CCOc1ccccc1N1C[C@H](C(=O)Oc2ccc(N3C(=O)[C@H]4CC(C)=CC[C@H]4C3=O)cc2)CC1=O. The number of carbonyl (C=O) groups excluding carboxylic acids is 4. The molecule has 0 spiro atoms. The number of anilines is 2. The molecule has 0 N–H and O–H groups in total. The normalized spacial score (nSPS) is 23.6. The second-order valence-corrected chi connectivity index (χ2v) is 9.44. The van der Waals surface area contributed by atoms with Gasteiger partial charge in [0.05, 0.1) is 35.7 Å². The summed E-state index contributed by atoms with van der Waals surface area (Å²) in [6, 6.07) is 13.6. The maximum absolute atomic E-state index is 12.9. The van der Waals surface area contributed by atoms with E-state index in [0.29, 0.717) is 42.3 Å². The predicted molar refractivity (Wildman–Crippen MR) is 133 cm³/mol. The number of amides is 3. The highest BCUT2D eigenvalue weighted by Crippen LogP contribution is 2.40. The Bertz CT molecular complexity index is 1250. The molecule has 0 saturated carbocycles. The summed E-state index contributed by atoms with van der Waals surface area (Å²) in [6.07, 6.45) is 3.26. The van der Waals surface area contributed by atoms with Crippen LogP contribution in [0.2, 0.25) is 0 Å². The summed E-state index contributed by atoms with van der Waals surface area (Å²) < 4.78 is 11.2. The Hall–Kier alpha value is -3.94. The fourth-order valence-corrected chi connectivity index (χ4v) is 5.21. The van der Waals surface area contributed by atoms with Crippen LogP contribution in [-0.4, -0.2) is 36.8 Å². The lowest BCUT2D eigenvalue weighted by atomic mass is 9.82. The average molecular weight is 489 g/mol. The van der Waals surface area contributed by atoms with Crippen molar-refractivity contribution in [3.63, 3.8) is 0 Å². The standard InChI is InChI=1S/C28H28N2O6/c1-3-35-24-7-5-4-6-23(24)29-16-18(15-25(29)31)28(34)36-20-11-9-19(10-12-20)30-26(32)21-13-8-17(2)14-22(21)27(30)33/h4-12,18,21-22H,3,13-16H2,1-2H3/t18-,21-,22+/m1/s1. The molecule has 2 aromatic rings. The third-order valence-electron chi connectivity index (χ3n) is 7.05. The zero-order valence-corrected chi connectivity index (χ0v) is 20.3. The van der Waals surface area contributed by atoms with Gasteiger partial charge in [-0.15, -0.1) is 0 Å². The predicted octanol–water partition coefficient (Wildman–Crippen LogP) is 3.89. The first-order chi connectivity index (χ1) is 17.4. The van der Waals surface area contributed by atoms with Crippen molar-refractivity contribution >= 4 is 35.1 Å². The summed E-state index contributed by atoms with van der Waals surface area (Å²) in [5.74, 6) is -1.40. The highest BCUT2D eigenvalue weighted by atomic mass is 16.5. The number of fused-ring (bicyclic) bond motifs is 1. The summed E-state index contributed by atoms with van der Waals surface area (Å²) in [4.78, 5) is 54.1. The fourth-order valence-electron chi connectivity index (χ4n) is 5.21. The van der Waals surface area contributed by atoms with Crippen molar-refractivity contribution in [2.24, 2.45) is 17.8 Å². The first kappa shape index (κ1) is 23.8. The molecule has 2 saturated heterocycles. The first-order valence-electron chi connectivity index (χ1n) is 12.2. The van der Waals surface area contributed by atoms with E-state index in [1.807, 2.05) is 32.1 Å². The van der Waals surface area contributed by atoms with Gasteiger partial charge in [0.15, 0.2) is 0 Å². The molecule has 8 nitrogen and oxygen atoms in total. The van der Waals surface area contributed by atoms with Crippen molar-refractivity contribution in [2.75, 3.05) is 23.0 Å². The maximum atomic E-state index is 12.9. The molecule has 2 aliphatic heterocycles. The van der Waals surface area contributed by atoms with Gasteiger partial charge in [-0.05, 0) is 63.1 Å². The van der Waals surface area contributed by atoms with E-state index in [1.54, 1.807) is 41.3 Å². The van der Waals surface area contributed by atoms with E-state index < -0.39 is 11.9 Å². The number of allylic oxidation sites excluding steroid dienone is 2. The number of nitrogens with zero attached hydrogens (tertiary/aromatic N) is 2. The molecule has 3 atom stereocenters. The van der Waals surface area contributed by atoms with Crippen LogP contribution < -0.4 is 19.3 Å². The largest absolute Gasteiger partial charge is 0.492 e. The molecule has 3 aliphatic rings. The van der Waals surface area contributed by atoms with E-state index in [4.69, 9.17) is 9.47 Å². The maximum Gasteiger partial charge on any atom is 0.316 e. The lowest BCUT2D eigenvalue weighted by molar-refractivity contribution is -0.139. The second-order valence-electron chi connectivity index (χ2n) is 9.44. The molecule has 0 unspecified atom stereocenters. The minimum Gasteiger partial charge on any atom is -0.492 e. The van der Waals surface area contributed by atoms with E-state index >= 15 is 0 Å². The van der Waals surface area contributed by atoms with Crippen LogP contribution in [0.15, 0.2) is 60.2 Å². The van der Waals surface area contributed by atoms with Gasteiger partial charge in [-0.25, -0.2) is 0 Å². The number of carbonyl (C=O) groups is 4. The Morgan fingerprint density at radius 1 is 0.972 bits per heavy atom. The molecule has 2 aromatic carbocycles. The van der Waals surface area contributed by atoms with Crippen LogP contribution in [0.3, 0.4) is 0 Å². The Labute approximate surface area is 209 Å². The lowest BCUT2D eigenvalue weighted by Crippen LogP contribution is -2.30. The van der Waals surface area contributed by atoms with E-state index in [9.17, 15) is 19.2 Å². The molecule has 2 fully saturated rings. The van der Waals surface area contributed by atoms with Gasteiger partial charge < -0.3 is 14.4 Å². The summed E-state index contributed by atoms with van der Waals surface area (Å²) in [6.45, 7) is 4.52. The monoisotopic (exact) mass is 488 g/mol. The fraction of sp³-hybridized carbons (Fsp3) is 0.357. The molecule has 186 valence electrons. The van der Waals surface area contributed by atoms with Crippen molar-refractivity contribution in [3.05, 3.63) is 60.2 Å². The molecular formula is C28H28N2O6. The lowest BCUT2D eigenvalue weighted by Gasteiger charge is -2.20. The molecule has 2 heterocycles. The smallest absolute Gasteiger partial charge is 0.316 e. The third kappa shape index (κ3) is 4.27. The van der Waals surface area contributed by atoms with Crippen LogP contribution in [0, 0.1) is 17.8 Å². The van der Waals surface area contributed by atoms with Crippen LogP contribution in [0.4, 0.5) is 11.4 Å². The van der Waals surface area contributed by atoms with E-state index in [0.717, 1.165) is 5.57 Å². The summed E-state index contributed by atoms with van der Waals surface area (Å²) in [7, 11) is 0. The van der Waals surface area contributed by atoms with Gasteiger partial charge >= 0.3 is 5.97 Å². The molecular weight excluding hydrogens is 460 g/mol. The van der Waals surface area contributed by atoms with Crippen molar-refractivity contribution in [1.82, 2.24) is 0 Å². The van der Waals surface area contributed by atoms with Crippen LogP contribution >= 0.6 is 0 Å². The summed E-state index contributed by atoms with van der Waals surface area (Å²) in [5.41, 5.74) is 2.23. The highest BCUT2D eigenvalue weighted by Gasteiger charge is 2.48. The number of imide groups is 1. The molecule has 0 radical (unpaired) electrons. The number of hydrogen-bond donors (Lipinski definition) is 0. The Balaban J connectivity index is 1.24. The number of hydrogen-bond acceptors (Lipinski definition) is 6. The second kappa shape index (κ2) is 9.60. The van der Waals surface area contributed by atoms with Gasteiger partial charge in [-0.1, -0.05) is 23.8 Å². The van der Waals surface area contributed by atoms with E-state index in [-0.39, 0.29) is 42.5 Å². The minimum atomic E-state index is -0.618. The van der Waals surface area contributed by atoms with Crippen molar-refractivity contribution in [3.8, 4) is 11.5 Å². The summed E-state index contributed by atoms with van der Waals surface area (Å²) >= 11 is 0. The number of ether oxygens (including phenoxy) is 2. The number of para-hydroxylation sites is 2. The quantitative estimate of drug-likeness (QED) is 0.265. The Morgan fingerprint density at radius 2 is 1.69 bits per heavy atom. The van der Waals surface area contributed by atoms with Gasteiger partial charge in [0.25, 0.3) is 0 Å². The molecule has 5 rings (SSSR count). The number of rotatable bonds is 6. The van der Waals surface area contributed by atoms with Crippen LogP contribution in [0.1, 0.15) is 33.1 Å². The zero-order chi connectivity index (χ0) is 25.4.